The van der Waals surface area contributed by atoms with Gasteiger partial charge in [-0.1, -0.05) is 30.3 Å². The molecule has 0 bridgehead atoms. The number of anilines is 1. The molecular formula is C32H32N4O3. The van der Waals surface area contributed by atoms with E-state index in [-0.39, 0.29) is 11.8 Å². The minimum absolute atomic E-state index is 0.169. The van der Waals surface area contributed by atoms with Crippen LogP contribution in [0.3, 0.4) is 0 Å². The summed E-state index contributed by atoms with van der Waals surface area (Å²) in [6.45, 7) is 3.30. The fourth-order valence-corrected chi connectivity index (χ4v) is 5.62. The Morgan fingerprint density at radius 3 is 2.23 bits per heavy atom. The van der Waals surface area contributed by atoms with Gasteiger partial charge in [0, 0.05) is 42.3 Å². The number of fused-ring (bicyclic) bond motifs is 2. The summed E-state index contributed by atoms with van der Waals surface area (Å²) in [7, 11) is 1.67. The van der Waals surface area contributed by atoms with Crippen LogP contribution in [0.5, 0.6) is 5.75 Å². The van der Waals surface area contributed by atoms with Crippen molar-refractivity contribution in [2.45, 2.75) is 25.3 Å². The number of piperidine rings is 1. The molecule has 7 nitrogen and oxygen atoms in total. The van der Waals surface area contributed by atoms with Crippen LogP contribution in [0.2, 0.25) is 0 Å². The van der Waals surface area contributed by atoms with E-state index in [9.17, 15) is 9.59 Å². The van der Waals surface area contributed by atoms with Crippen molar-refractivity contribution < 1.29 is 14.3 Å². The van der Waals surface area contributed by atoms with Gasteiger partial charge in [-0.25, -0.2) is 4.98 Å². The van der Waals surface area contributed by atoms with Gasteiger partial charge in [-0.15, -0.1) is 0 Å². The highest BCUT2D eigenvalue weighted by atomic mass is 16.5. The average molecular weight is 521 g/mol. The number of likely N-dealkylation sites (tertiary alicyclic amines) is 1. The smallest absolute Gasteiger partial charge is 0.261 e. The molecule has 2 amide bonds. The molecule has 6 rings (SSSR count). The number of amides is 2. The van der Waals surface area contributed by atoms with Crippen molar-refractivity contribution >= 4 is 28.4 Å². The van der Waals surface area contributed by atoms with Gasteiger partial charge >= 0.3 is 0 Å². The zero-order valence-electron chi connectivity index (χ0n) is 22.1. The third-order valence-corrected chi connectivity index (χ3v) is 7.78. The van der Waals surface area contributed by atoms with Gasteiger partial charge in [0.15, 0.2) is 0 Å². The van der Waals surface area contributed by atoms with Crippen molar-refractivity contribution in [2.75, 3.05) is 38.6 Å². The van der Waals surface area contributed by atoms with E-state index >= 15 is 0 Å². The van der Waals surface area contributed by atoms with Crippen LogP contribution in [-0.2, 0) is 0 Å². The molecule has 2 aliphatic rings. The lowest BCUT2D eigenvalue weighted by Crippen LogP contribution is -2.40. The summed E-state index contributed by atoms with van der Waals surface area (Å²) >= 11 is 0. The van der Waals surface area contributed by atoms with Crippen LogP contribution in [0.1, 0.15) is 40.0 Å². The van der Waals surface area contributed by atoms with Crippen molar-refractivity contribution in [3.8, 4) is 17.0 Å². The fourth-order valence-electron chi connectivity index (χ4n) is 5.62. The van der Waals surface area contributed by atoms with Crippen LogP contribution < -0.4 is 10.1 Å². The Balaban J connectivity index is 1.06. The molecule has 198 valence electrons. The first-order chi connectivity index (χ1) is 19.1. The quantitative estimate of drug-likeness (QED) is 0.311. The van der Waals surface area contributed by atoms with Crippen molar-refractivity contribution in [1.82, 2.24) is 14.8 Å². The number of carbonyl (C=O) groups is 2. The second-order valence-corrected chi connectivity index (χ2v) is 10.2. The molecule has 3 heterocycles. The molecule has 39 heavy (non-hydrogen) atoms. The molecule has 0 aliphatic carbocycles. The Morgan fingerprint density at radius 2 is 1.54 bits per heavy atom. The zero-order valence-corrected chi connectivity index (χ0v) is 22.1. The first-order valence-corrected chi connectivity index (χ1v) is 13.6. The van der Waals surface area contributed by atoms with Crippen LogP contribution in [0.4, 0.5) is 5.69 Å². The lowest BCUT2D eigenvalue weighted by atomic mass is 10.0. The molecule has 3 aromatic carbocycles. The number of benzene rings is 3. The van der Waals surface area contributed by atoms with Gasteiger partial charge in [-0.3, -0.25) is 14.5 Å². The average Bonchev–Trinajstić information content (AvgIpc) is 3.23. The van der Waals surface area contributed by atoms with Gasteiger partial charge in [0.1, 0.15) is 5.75 Å². The van der Waals surface area contributed by atoms with E-state index < -0.39 is 0 Å². The molecular weight excluding hydrogens is 488 g/mol. The minimum atomic E-state index is -0.169. The SMILES string of the molecule is COc1ccc(-c2cc(NC3CCN(CCCN4C(=O)c5ccccc5C4=O)CC3)c3ccccc3n2)cc1. The minimum Gasteiger partial charge on any atom is -0.497 e. The van der Waals surface area contributed by atoms with Gasteiger partial charge in [-0.05, 0) is 74.3 Å². The molecule has 2 aliphatic heterocycles. The molecule has 1 aromatic heterocycles. The van der Waals surface area contributed by atoms with E-state index in [1.165, 1.54) is 4.90 Å². The van der Waals surface area contributed by atoms with Crippen molar-refractivity contribution in [2.24, 2.45) is 0 Å². The lowest BCUT2D eigenvalue weighted by molar-refractivity contribution is 0.0646. The maximum absolute atomic E-state index is 12.6. The van der Waals surface area contributed by atoms with E-state index in [2.05, 4.69) is 34.5 Å². The number of carbonyl (C=O) groups excluding carboxylic acids is 2. The first kappa shape index (κ1) is 25.1. The number of aromatic nitrogens is 1. The molecule has 0 atom stereocenters. The van der Waals surface area contributed by atoms with Gasteiger partial charge in [0.05, 0.1) is 29.4 Å². The molecule has 0 radical (unpaired) electrons. The third-order valence-electron chi connectivity index (χ3n) is 7.78. The monoisotopic (exact) mass is 520 g/mol. The Labute approximate surface area is 228 Å². The molecule has 1 fully saturated rings. The summed E-state index contributed by atoms with van der Waals surface area (Å²) in [5.41, 5.74) is 5.11. The number of hydrogen-bond donors (Lipinski definition) is 1. The third kappa shape index (κ3) is 5.10. The Kier molecular flexibility index (Phi) is 6.99. The first-order valence-electron chi connectivity index (χ1n) is 13.6. The highest BCUT2D eigenvalue weighted by Crippen LogP contribution is 2.31. The predicted molar refractivity (Wildman–Crippen MR) is 153 cm³/mol. The van der Waals surface area contributed by atoms with Gasteiger partial charge in [0.25, 0.3) is 11.8 Å². The van der Waals surface area contributed by atoms with Crippen molar-refractivity contribution in [3.05, 3.63) is 90.0 Å². The second kappa shape index (κ2) is 10.9. The molecule has 7 heteroatoms. The van der Waals surface area contributed by atoms with Crippen LogP contribution in [0, 0.1) is 0 Å². The van der Waals surface area contributed by atoms with Crippen LogP contribution in [0.15, 0.2) is 78.9 Å². The number of ether oxygens (including phenoxy) is 1. The second-order valence-electron chi connectivity index (χ2n) is 10.2. The molecule has 0 saturated carbocycles. The summed E-state index contributed by atoms with van der Waals surface area (Å²) in [6.07, 6.45) is 2.84. The predicted octanol–water partition coefficient (Wildman–Crippen LogP) is 5.47. The van der Waals surface area contributed by atoms with Gasteiger partial charge in [0.2, 0.25) is 0 Å². The normalized spacial score (nSPS) is 16.1. The highest BCUT2D eigenvalue weighted by Gasteiger charge is 2.34. The topological polar surface area (TPSA) is 74.8 Å². The summed E-state index contributed by atoms with van der Waals surface area (Å²) in [6, 6.07) is 25.9. The molecule has 1 N–H and O–H groups in total. The number of pyridine rings is 1. The number of rotatable bonds is 8. The number of para-hydroxylation sites is 1. The standard InChI is InChI=1S/C32H32N4O3/c1-39-24-13-11-22(12-14-24)29-21-30(27-9-4-5-10-28(27)34-29)33-23-15-19-35(20-16-23)17-6-18-36-31(37)25-7-2-3-8-26(25)32(36)38/h2-5,7-14,21,23H,6,15-20H2,1H3,(H,33,34). The number of methoxy groups -OCH3 is 1. The largest absolute Gasteiger partial charge is 0.497 e. The number of hydrogen-bond acceptors (Lipinski definition) is 6. The number of imide groups is 1. The van der Waals surface area contributed by atoms with Crippen LogP contribution >= 0.6 is 0 Å². The van der Waals surface area contributed by atoms with E-state index in [0.29, 0.717) is 23.7 Å². The summed E-state index contributed by atoms with van der Waals surface area (Å²) in [5.74, 6) is 0.488. The van der Waals surface area contributed by atoms with Crippen molar-refractivity contribution in [1.29, 1.82) is 0 Å². The Hall–Kier alpha value is -4.23. The zero-order chi connectivity index (χ0) is 26.8. The number of nitrogens with one attached hydrogen (secondary N) is 1. The van der Waals surface area contributed by atoms with E-state index in [4.69, 9.17) is 9.72 Å². The van der Waals surface area contributed by atoms with Gasteiger partial charge < -0.3 is 15.0 Å². The summed E-state index contributed by atoms with van der Waals surface area (Å²) in [4.78, 5) is 34.0. The summed E-state index contributed by atoms with van der Waals surface area (Å²) in [5, 5.41) is 4.93. The van der Waals surface area contributed by atoms with E-state index in [0.717, 1.165) is 72.5 Å². The van der Waals surface area contributed by atoms with E-state index in [1.54, 1.807) is 31.4 Å². The van der Waals surface area contributed by atoms with Gasteiger partial charge in [-0.2, -0.15) is 0 Å². The highest BCUT2D eigenvalue weighted by molar-refractivity contribution is 6.21. The molecule has 4 aromatic rings. The molecule has 0 unspecified atom stereocenters. The maximum atomic E-state index is 12.6. The van der Waals surface area contributed by atoms with E-state index in [1.807, 2.05) is 30.3 Å². The maximum Gasteiger partial charge on any atom is 0.261 e. The molecule has 0 spiro atoms. The lowest BCUT2D eigenvalue weighted by Gasteiger charge is -2.33. The van der Waals surface area contributed by atoms with Crippen LogP contribution in [0.25, 0.3) is 22.2 Å². The molecule has 1 saturated heterocycles. The van der Waals surface area contributed by atoms with Crippen molar-refractivity contribution in [3.63, 3.8) is 0 Å². The Bertz CT molecular complexity index is 1470. The Morgan fingerprint density at radius 1 is 0.872 bits per heavy atom. The van der Waals surface area contributed by atoms with Crippen LogP contribution in [-0.4, -0.2) is 65.9 Å². The summed E-state index contributed by atoms with van der Waals surface area (Å²) < 4.78 is 5.31. The fraction of sp³-hybridized carbons (Fsp3) is 0.281. The number of nitrogens with zero attached hydrogens (tertiary/aromatic N) is 3.